The quantitative estimate of drug-likeness (QED) is 0.920. The minimum absolute atomic E-state index is 0.362. The van der Waals surface area contributed by atoms with Crippen LogP contribution in [0.3, 0.4) is 0 Å². The molecule has 0 aromatic carbocycles. The molecule has 5 heteroatoms. The summed E-state index contributed by atoms with van der Waals surface area (Å²) in [6, 6.07) is 6.40. The highest BCUT2D eigenvalue weighted by atomic mass is 32.1. The number of anilines is 2. The van der Waals surface area contributed by atoms with E-state index in [1.165, 1.54) is 4.88 Å². The second kappa shape index (κ2) is 5.35. The van der Waals surface area contributed by atoms with Gasteiger partial charge >= 0.3 is 0 Å². The lowest BCUT2D eigenvalue weighted by Gasteiger charge is -2.27. The molecule has 2 aromatic heterocycles. The molecule has 0 aliphatic carbocycles. The van der Waals surface area contributed by atoms with Gasteiger partial charge in [0.15, 0.2) is 0 Å². The van der Waals surface area contributed by atoms with Crippen molar-refractivity contribution in [2.75, 3.05) is 10.6 Å². The highest BCUT2D eigenvalue weighted by Crippen LogP contribution is 2.21. The number of aromatic nitrogens is 2. The van der Waals surface area contributed by atoms with Crippen LogP contribution in [0.25, 0.3) is 0 Å². The van der Waals surface area contributed by atoms with E-state index in [1.807, 2.05) is 13.0 Å². The third kappa shape index (κ3) is 2.98. The van der Waals surface area contributed by atoms with Gasteiger partial charge in [0.05, 0.1) is 6.54 Å². The number of rotatable bonds is 4. The molecule has 0 aliphatic heterocycles. The minimum Gasteiger partial charge on any atom is -0.384 e. The summed E-state index contributed by atoms with van der Waals surface area (Å²) in [6.45, 7) is 7.03. The number of thiophene rings is 1. The van der Waals surface area contributed by atoms with Gasteiger partial charge in [-0.05, 0) is 32.2 Å². The van der Waals surface area contributed by atoms with Gasteiger partial charge in [0.2, 0.25) is 0 Å². The van der Waals surface area contributed by atoms with Crippen molar-refractivity contribution in [2.45, 2.75) is 33.4 Å². The standard InChI is InChI=1S/C13H18N4S/c1-9(2)17(8-11-5-4-6-18-11)13-7-12(14)15-10(3)16-13/h4-7,9H,8H2,1-3H3,(H2,14,15,16). The first kappa shape index (κ1) is 12.8. The predicted molar refractivity (Wildman–Crippen MR) is 76.8 cm³/mol. The van der Waals surface area contributed by atoms with Gasteiger partial charge < -0.3 is 10.6 Å². The molecule has 0 radical (unpaired) electrons. The molecule has 2 heterocycles. The van der Waals surface area contributed by atoms with Gasteiger partial charge in [-0.3, -0.25) is 0 Å². The van der Waals surface area contributed by atoms with Crippen molar-refractivity contribution in [3.8, 4) is 0 Å². The lowest BCUT2D eigenvalue weighted by atomic mass is 10.3. The molecule has 0 amide bonds. The number of nitrogens with two attached hydrogens (primary N) is 1. The largest absolute Gasteiger partial charge is 0.384 e. The van der Waals surface area contributed by atoms with E-state index >= 15 is 0 Å². The molecular weight excluding hydrogens is 244 g/mol. The van der Waals surface area contributed by atoms with Crippen molar-refractivity contribution in [1.82, 2.24) is 9.97 Å². The fourth-order valence-electron chi connectivity index (χ4n) is 1.82. The molecule has 2 aromatic rings. The van der Waals surface area contributed by atoms with Crippen LogP contribution in [0.4, 0.5) is 11.6 Å². The Hall–Kier alpha value is -1.62. The third-order valence-electron chi connectivity index (χ3n) is 2.67. The Kier molecular flexibility index (Phi) is 3.81. The van der Waals surface area contributed by atoms with Crippen molar-refractivity contribution < 1.29 is 0 Å². The first-order valence-corrected chi connectivity index (χ1v) is 6.84. The summed E-state index contributed by atoms with van der Waals surface area (Å²) < 4.78 is 0. The maximum atomic E-state index is 5.80. The Morgan fingerprint density at radius 3 is 2.72 bits per heavy atom. The van der Waals surface area contributed by atoms with Crippen LogP contribution in [0.15, 0.2) is 23.6 Å². The minimum atomic E-state index is 0.362. The summed E-state index contributed by atoms with van der Waals surface area (Å²) in [6.07, 6.45) is 0. The van der Waals surface area contributed by atoms with E-state index in [1.54, 1.807) is 11.3 Å². The van der Waals surface area contributed by atoms with Gasteiger partial charge in [0.1, 0.15) is 17.5 Å². The third-order valence-corrected chi connectivity index (χ3v) is 3.53. The Morgan fingerprint density at radius 2 is 2.17 bits per heavy atom. The first-order chi connectivity index (χ1) is 8.56. The van der Waals surface area contributed by atoms with Crippen molar-refractivity contribution in [3.63, 3.8) is 0 Å². The Morgan fingerprint density at radius 1 is 1.39 bits per heavy atom. The molecule has 4 nitrogen and oxygen atoms in total. The highest BCUT2D eigenvalue weighted by Gasteiger charge is 2.14. The van der Waals surface area contributed by atoms with Gasteiger partial charge in [-0.2, -0.15) is 0 Å². The fraction of sp³-hybridized carbons (Fsp3) is 0.385. The van der Waals surface area contributed by atoms with Crippen LogP contribution in [-0.4, -0.2) is 16.0 Å². The van der Waals surface area contributed by atoms with Crippen molar-refractivity contribution >= 4 is 23.0 Å². The van der Waals surface area contributed by atoms with E-state index in [0.29, 0.717) is 17.7 Å². The Labute approximate surface area is 111 Å². The van der Waals surface area contributed by atoms with Gasteiger partial charge in [-0.15, -0.1) is 11.3 Å². The van der Waals surface area contributed by atoms with Crippen LogP contribution in [-0.2, 0) is 6.54 Å². The lowest BCUT2D eigenvalue weighted by molar-refractivity contribution is 0.674. The number of hydrogen-bond acceptors (Lipinski definition) is 5. The van der Waals surface area contributed by atoms with Gasteiger partial charge in [-0.1, -0.05) is 6.07 Å². The summed E-state index contributed by atoms with van der Waals surface area (Å²) in [7, 11) is 0. The zero-order valence-corrected chi connectivity index (χ0v) is 11.7. The van der Waals surface area contributed by atoms with Crippen LogP contribution in [0.5, 0.6) is 0 Å². The predicted octanol–water partition coefficient (Wildman–Crippen LogP) is 2.84. The van der Waals surface area contributed by atoms with E-state index in [4.69, 9.17) is 5.73 Å². The lowest BCUT2D eigenvalue weighted by Crippen LogP contribution is -2.31. The number of nitrogen functional groups attached to an aromatic ring is 1. The molecule has 0 atom stereocenters. The molecule has 0 aliphatic rings. The topological polar surface area (TPSA) is 55.0 Å². The van der Waals surface area contributed by atoms with Gasteiger partial charge in [0, 0.05) is 17.0 Å². The highest BCUT2D eigenvalue weighted by molar-refractivity contribution is 7.09. The maximum Gasteiger partial charge on any atom is 0.134 e. The average Bonchev–Trinajstić information content (AvgIpc) is 2.76. The smallest absolute Gasteiger partial charge is 0.134 e. The molecule has 0 saturated carbocycles. The van der Waals surface area contributed by atoms with E-state index in [0.717, 1.165) is 12.4 Å². The van der Waals surface area contributed by atoms with Crippen LogP contribution in [0.1, 0.15) is 24.5 Å². The van der Waals surface area contributed by atoms with E-state index in [-0.39, 0.29) is 0 Å². The number of nitrogens with zero attached hydrogens (tertiary/aromatic N) is 3. The summed E-state index contributed by atoms with van der Waals surface area (Å²) in [5.74, 6) is 2.12. The second-order valence-corrected chi connectivity index (χ2v) is 5.53. The molecule has 0 saturated heterocycles. The van der Waals surface area contributed by atoms with Gasteiger partial charge in [-0.25, -0.2) is 9.97 Å². The molecular formula is C13H18N4S. The monoisotopic (exact) mass is 262 g/mol. The van der Waals surface area contributed by atoms with Crippen LogP contribution in [0.2, 0.25) is 0 Å². The van der Waals surface area contributed by atoms with E-state index < -0.39 is 0 Å². The average molecular weight is 262 g/mol. The molecule has 0 fully saturated rings. The van der Waals surface area contributed by atoms with E-state index in [2.05, 4.69) is 46.2 Å². The zero-order valence-electron chi connectivity index (χ0n) is 10.9. The molecule has 2 N–H and O–H groups in total. The van der Waals surface area contributed by atoms with Gasteiger partial charge in [0.25, 0.3) is 0 Å². The van der Waals surface area contributed by atoms with Crippen molar-refractivity contribution in [3.05, 3.63) is 34.3 Å². The first-order valence-electron chi connectivity index (χ1n) is 5.96. The maximum absolute atomic E-state index is 5.80. The summed E-state index contributed by atoms with van der Waals surface area (Å²) in [5.41, 5.74) is 5.80. The normalized spacial score (nSPS) is 10.9. The van der Waals surface area contributed by atoms with Crippen molar-refractivity contribution in [1.29, 1.82) is 0 Å². The summed E-state index contributed by atoms with van der Waals surface area (Å²) in [5, 5.41) is 2.09. The van der Waals surface area contributed by atoms with E-state index in [9.17, 15) is 0 Å². The number of aryl methyl sites for hydroxylation is 1. The fourth-order valence-corrected chi connectivity index (χ4v) is 2.52. The number of hydrogen-bond donors (Lipinski definition) is 1. The molecule has 18 heavy (non-hydrogen) atoms. The Balaban J connectivity index is 2.29. The molecule has 0 bridgehead atoms. The molecule has 2 rings (SSSR count). The van der Waals surface area contributed by atoms with Crippen LogP contribution < -0.4 is 10.6 Å². The van der Waals surface area contributed by atoms with Crippen LogP contribution >= 0.6 is 11.3 Å². The molecule has 0 spiro atoms. The summed E-state index contributed by atoms with van der Waals surface area (Å²) >= 11 is 1.76. The second-order valence-electron chi connectivity index (χ2n) is 4.50. The van der Waals surface area contributed by atoms with Crippen LogP contribution in [0, 0.1) is 6.92 Å². The SMILES string of the molecule is Cc1nc(N)cc(N(Cc2cccs2)C(C)C)n1. The zero-order chi connectivity index (χ0) is 13.1. The van der Waals surface area contributed by atoms with Crippen molar-refractivity contribution in [2.24, 2.45) is 0 Å². The molecule has 0 unspecified atom stereocenters. The Bertz CT molecular complexity index is 487. The molecule has 96 valence electrons. The summed E-state index contributed by atoms with van der Waals surface area (Å²) in [4.78, 5) is 12.1.